The van der Waals surface area contributed by atoms with Gasteiger partial charge in [-0.3, -0.25) is 9.48 Å². The lowest BCUT2D eigenvalue weighted by molar-refractivity contribution is -0.138. The van der Waals surface area contributed by atoms with Crippen LogP contribution in [0.3, 0.4) is 0 Å². The van der Waals surface area contributed by atoms with E-state index in [-0.39, 0.29) is 0 Å². The van der Waals surface area contributed by atoms with E-state index in [1.54, 1.807) is 17.8 Å². The molecule has 0 fully saturated rings. The summed E-state index contributed by atoms with van der Waals surface area (Å²) in [4.78, 5) is 15.9. The van der Waals surface area contributed by atoms with Gasteiger partial charge in [0.25, 0.3) is 0 Å². The van der Waals surface area contributed by atoms with Crippen molar-refractivity contribution in [3.63, 3.8) is 0 Å². The van der Waals surface area contributed by atoms with E-state index in [1.807, 2.05) is 66.3 Å². The minimum Gasteiger partial charge on any atom is -0.481 e. The van der Waals surface area contributed by atoms with E-state index < -0.39 is 11.9 Å². The molecule has 3 aromatic heterocycles. The van der Waals surface area contributed by atoms with E-state index in [9.17, 15) is 9.90 Å². The topological polar surface area (TPSA) is 84.5 Å². The number of benzene rings is 1. The highest BCUT2D eigenvalue weighted by molar-refractivity contribution is 5.81. The molecule has 1 aromatic carbocycles. The van der Waals surface area contributed by atoms with E-state index in [2.05, 4.69) is 15.4 Å². The molecule has 1 unspecified atom stereocenters. The first-order valence-electron chi connectivity index (χ1n) is 8.59. The number of carbonyl (C=O) groups is 1. The van der Waals surface area contributed by atoms with Gasteiger partial charge in [0.1, 0.15) is 5.65 Å². The van der Waals surface area contributed by atoms with Crippen molar-refractivity contribution in [2.45, 2.75) is 12.8 Å². The van der Waals surface area contributed by atoms with Crippen LogP contribution < -0.4 is 5.32 Å². The quantitative estimate of drug-likeness (QED) is 0.567. The predicted octanol–water partition coefficient (Wildman–Crippen LogP) is 3.67. The SMILES string of the molecule is CC(C(=O)O)c1cn2cc(Nc3ccccc3)cc(-c3ccn(C)n3)c2n1. The van der Waals surface area contributed by atoms with Crippen molar-refractivity contribution in [3.8, 4) is 11.3 Å². The zero-order chi connectivity index (χ0) is 19.0. The van der Waals surface area contributed by atoms with E-state index in [0.717, 1.165) is 22.6 Å². The van der Waals surface area contributed by atoms with Crippen molar-refractivity contribution in [2.75, 3.05) is 5.32 Å². The molecule has 0 spiro atoms. The van der Waals surface area contributed by atoms with Crippen molar-refractivity contribution in [2.24, 2.45) is 7.05 Å². The lowest BCUT2D eigenvalue weighted by atomic mass is 10.1. The number of nitrogens with one attached hydrogen (secondary N) is 1. The highest BCUT2D eigenvalue weighted by Crippen LogP contribution is 2.29. The average Bonchev–Trinajstić information content (AvgIpc) is 3.27. The number of hydrogen-bond acceptors (Lipinski definition) is 4. The maximum atomic E-state index is 11.4. The third-order valence-electron chi connectivity index (χ3n) is 4.44. The Morgan fingerprint density at radius 3 is 2.59 bits per heavy atom. The van der Waals surface area contributed by atoms with Gasteiger partial charge in [0.05, 0.1) is 23.0 Å². The summed E-state index contributed by atoms with van der Waals surface area (Å²) in [6.45, 7) is 1.63. The van der Waals surface area contributed by atoms with E-state index in [1.165, 1.54) is 0 Å². The Balaban J connectivity index is 1.86. The van der Waals surface area contributed by atoms with Gasteiger partial charge in [0.2, 0.25) is 0 Å². The number of hydrogen-bond donors (Lipinski definition) is 2. The van der Waals surface area contributed by atoms with Crippen molar-refractivity contribution in [1.82, 2.24) is 19.2 Å². The van der Waals surface area contributed by atoms with E-state index >= 15 is 0 Å². The highest BCUT2D eigenvalue weighted by Gasteiger charge is 2.20. The monoisotopic (exact) mass is 361 g/mol. The summed E-state index contributed by atoms with van der Waals surface area (Å²) in [5, 5.41) is 17.2. The molecule has 0 saturated heterocycles. The lowest BCUT2D eigenvalue weighted by Gasteiger charge is -2.09. The van der Waals surface area contributed by atoms with Crippen LogP contribution in [0.5, 0.6) is 0 Å². The Morgan fingerprint density at radius 2 is 1.93 bits per heavy atom. The second kappa shape index (κ2) is 6.60. The Morgan fingerprint density at radius 1 is 1.15 bits per heavy atom. The van der Waals surface area contributed by atoms with Crippen LogP contribution in [0.25, 0.3) is 16.9 Å². The van der Waals surface area contributed by atoms with Gasteiger partial charge in [-0.25, -0.2) is 4.98 Å². The van der Waals surface area contributed by atoms with Crippen LogP contribution in [-0.4, -0.2) is 30.2 Å². The molecular formula is C20H19N5O2. The zero-order valence-electron chi connectivity index (χ0n) is 15.0. The molecule has 0 aliphatic rings. The molecule has 0 aliphatic carbocycles. The normalized spacial score (nSPS) is 12.2. The van der Waals surface area contributed by atoms with Crippen LogP contribution in [0.1, 0.15) is 18.5 Å². The Kier molecular flexibility index (Phi) is 4.12. The highest BCUT2D eigenvalue weighted by atomic mass is 16.4. The molecule has 3 heterocycles. The van der Waals surface area contributed by atoms with Gasteiger partial charge in [-0.2, -0.15) is 5.10 Å². The van der Waals surface area contributed by atoms with Crippen LogP contribution in [0, 0.1) is 0 Å². The minimum atomic E-state index is -0.902. The molecule has 1 atom stereocenters. The first-order valence-corrected chi connectivity index (χ1v) is 8.59. The summed E-state index contributed by atoms with van der Waals surface area (Å²) >= 11 is 0. The van der Waals surface area contributed by atoms with Crippen LogP contribution in [-0.2, 0) is 11.8 Å². The van der Waals surface area contributed by atoms with Gasteiger partial charge in [-0.15, -0.1) is 0 Å². The van der Waals surface area contributed by atoms with Gasteiger partial charge in [-0.1, -0.05) is 18.2 Å². The molecule has 0 bridgehead atoms. The fraction of sp³-hybridized carbons (Fsp3) is 0.150. The fourth-order valence-electron chi connectivity index (χ4n) is 2.96. The van der Waals surface area contributed by atoms with Crippen LogP contribution in [0.2, 0.25) is 0 Å². The lowest BCUT2D eigenvalue weighted by Crippen LogP contribution is -2.07. The summed E-state index contributed by atoms with van der Waals surface area (Å²) in [7, 11) is 1.86. The van der Waals surface area contributed by atoms with Crippen molar-refractivity contribution < 1.29 is 9.90 Å². The molecule has 0 amide bonds. The Hall–Kier alpha value is -3.61. The number of aromatic nitrogens is 4. The number of imidazole rings is 1. The predicted molar refractivity (Wildman–Crippen MR) is 103 cm³/mol. The Bertz CT molecular complexity index is 1110. The summed E-state index contributed by atoms with van der Waals surface area (Å²) in [6, 6.07) is 13.7. The molecule has 136 valence electrons. The van der Waals surface area contributed by atoms with Crippen molar-refractivity contribution >= 4 is 23.0 Å². The molecular weight excluding hydrogens is 342 g/mol. The molecule has 4 aromatic rings. The number of anilines is 2. The largest absolute Gasteiger partial charge is 0.481 e. The summed E-state index contributed by atoms with van der Waals surface area (Å²) < 4.78 is 3.58. The van der Waals surface area contributed by atoms with Crippen LogP contribution >= 0.6 is 0 Å². The summed E-state index contributed by atoms with van der Waals surface area (Å²) in [5.74, 6) is -1.59. The summed E-state index contributed by atoms with van der Waals surface area (Å²) in [6.07, 6.45) is 5.53. The molecule has 27 heavy (non-hydrogen) atoms. The van der Waals surface area contributed by atoms with Crippen LogP contribution in [0.4, 0.5) is 11.4 Å². The van der Waals surface area contributed by atoms with E-state index in [4.69, 9.17) is 0 Å². The molecule has 7 nitrogen and oxygen atoms in total. The van der Waals surface area contributed by atoms with Gasteiger partial charge < -0.3 is 14.8 Å². The minimum absolute atomic E-state index is 0.511. The number of carboxylic acid groups (broad SMARTS) is 1. The van der Waals surface area contributed by atoms with Gasteiger partial charge in [0, 0.05) is 36.9 Å². The molecule has 7 heteroatoms. The van der Waals surface area contributed by atoms with Crippen molar-refractivity contribution in [1.29, 1.82) is 0 Å². The first-order chi connectivity index (χ1) is 13.0. The standard InChI is InChI=1S/C20H19N5O2/c1-13(20(26)27)18-12-25-11-15(21-14-6-4-3-5-7-14)10-16(19(25)22-18)17-8-9-24(2)23-17/h3-13,21H,1-2H3,(H,26,27). The maximum absolute atomic E-state index is 11.4. The fourth-order valence-corrected chi connectivity index (χ4v) is 2.96. The molecule has 4 rings (SSSR count). The van der Waals surface area contributed by atoms with E-state index in [0.29, 0.717) is 11.3 Å². The Labute approximate surface area is 155 Å². The summed E-state index contributed by atoms with van der Waals surface area (Å²) in [5.41, 5.74) is 4.62. The number of pyridine rings is 1. The number of rotatable bonds is 5. The average molecular weight is 361 g/mol. The first kappa shape index (κ1) is 16.8. The molecule has 0 saturated carbocycles. The third-order valence-corrected chi connectivity index (χ3v) is 4.44. The number of fused-ring (bicyclic) bond motifs is 1. The number of aryl methyl sites for hydroxylation is 1. The second-order valence-electron chi connectivity index (χ2n) is 6.46. The van der Waals surface area contributed by atoms with Crippen LogP contribution in [0.15, 0.2) is 61.1 Å². The molecule has 0 radical (unpaired) electrons. The van der Waals surface area contributed by atoms with Crippen molar-refractivity contribution in [3.05, 3.63) is 66.7 Å². The van der Waals surface area contributed by atoms with Gasteiger partial charge in [-0.05, 0) is 31.2 Å². The zero-order valence-corrected chi connectivity index (χ0v) is 15.0. The third kappa shape index (κ3) is 3.27. The smallest absolute Gasteiger partial charge is 0.312 e. The number of para-hydroxylation sites is 1. The number of nitrogens with zero attached hydrogens (tertiary/aromatic N) is 4. The van der Waals surface area contributed by atoms with Gasteiger partial charge in [0.15, 0.2) is 0 Å². The van der Waals surface area contributed by atoms with Gasteiger partial charge >= 0.3 is 5.97 Å². The second-order valence-corrected chi connectivity index (χ2v) is 6.46. The number of carboxylic acids is 1. The number of aliphatic carboxylic acids is 1. The maximum Gasteiger partial charge on any atom is 0.312 e. The molecule has 0 aliphatic heterocycles. The molecule has 2 N–H and O–H groups in total.